The van der Waals surface area contributed by atoms with Crippen LogP contribution in [0.15, 0.2) is 60.7 Å². The van der Waals surface area contributed by atoms with Crippen molar-refractivity contribution in [2.24, 2.45) is 11.6 Å². The molecular weight excluding hydrogens is 544 g/mol. The molecule has 0 radical (unpaired) electrons. The number of amides is 2. The summed E-state index contributed by atoms with van der Waals surface area (Å²) >= 11 is 3.82. The Bertz CT molecular complexity index is 588. The first-order chi connectivity index (χ1) is 12.0. The van der Waals surface area contributed by atoms with Gasteiger partial charge < -0.3 is 5.73 Å². The second-order valence-electron chi connectivity index (χ2n) is 4.46. The zero-order chi connectivity index (χ0) is 18.9. The molecule has 2 amide bonds. The van der Waals surface area contributed by atoms with E-state index < -0.39 is 0 Å². The molecule has 0 unspecified atom stereocenters. The zero-order valence-electron chi connectivity index (χ0n) is 13.6. The van der Waals surface area contributed by atoms with E-state index in [0.717, 1.165) is 0 Å². The Morgan fingerprint density at radius 2 is 1.20 bits per heavy atom. The molecule has 0 heterocycles. The minimum absolute atomic E-state index is 0.143. The van der Waals surface area contributed by atoms with Crippen LogP contribution in [0, 0.1) is 0 Å². The number of hydrazine groups is 1. The average Bonchev–Trinajstić information content (AvgIpc) is 2.68. The molecule has 0 spiro atoms. The summed E-state index contributed by atoms with van der Waals surface area (Å²) in [5.74, 6) is 4.28. The van der Waals surface area contributed by atoms with Crippen LogP contribution in [0.4, 0.5) is 0 Å². The first kappa shape index (κ1) is 23.5. The van der Waals surface area contributed by atoms with Crippen molar-refractivity contribution in [3.63, 3.8) is 0 Å². The van der Waals surface area contributed by atoms with Crippen molar-refractivity contribution in [1.82, 2.24) is 5.43 Å². The molecule has 2 rings (SSSR count). The first-order valence-electron chi connectivity index (χ1n) is 7.21. The molecule has 0 aliphatic carbocycles. The van der Waals surface area contributed by atoms with Crippen molar-refractivity contribution in [1.29, 1.82) is 0 Å². The predicted molar refractivity (Wildman–Crippen MR) is 121 cm³/mol. The lowest BCUT2D eigenvalue weighted by Gasteiger charge is -1.92. The molecule has 5 nitrogen and oxygen atoms in total. The summed E-state index contributed by atoms with van der Waals surface area (Å²) in [6.07, 6.45) is 4.24. The smallest absolute Gasteiger partial charge is 0.243 e. The Kier molecular flexibility index (Phi) is 15.1. The van der Waals surface area contributed by atoms with Crippen LogP contribution in [-0.2, 0) is 9.59 Å². The van der Waals surface area contributed by atoms with E-state index >= 15 is 0 Å². The van der Waals surface area contributed by atoms with Crippen molar-refractivity contribution in [2.45, 2.75) is 0 Å². The molecule has 2 aromatic carbocycles. The van der Waals surface area contributed by atoms with E-state index in [0.29, 0.717) is 8.86 Å². The van der Waals surface area contributed by atoms with E-state index in [9.17, 15) is 9.59 Å². The maximum absolute atomic E-state index is 9.94. The maximum Gasteiger partial charge on any atom is 0.243 e. The SMILES string of the molecule is C(=Cc1ccccc1)c1ccccc1.NC(=O)CI.NNC(=O)CI. The Balaban J connectivity index is 0.000000438. The van der Waals surface area contributed by atoms with E-state index in [-0.39, 0.29) is 11.8 Å². The lowest BCUT2D eigenvalue weighted by molar-refractivity contribution is -0.118. The third kappa shape index (κ3) is 14.6. The third-order valence-electron chi connectivity index (χ3n) is 2.48. The number of alkyl halides is 2. The van der Waals surface area contributed by atoms with Gasteiger partial charge in [-0.05, 0) is 11.1 Å². The van der Waals surface area contributed by atoms with Gasteiger partial charge >= 0.3 is 0 Å². The summed E-state index contributed by atoms with van der Waals surface area (Å²) in [5.41, 5.74) is 9.08. The topological polar surface area (TPSA) is 98.2 Å². The average molecular weight is 565 g/mol. The van der Waals surface area contributed by atoms with Crippen molar-refractivity contribution < 1.29 is 9.59 Å². The van der Waals surface area contributed by atoms with Gasteiger partial charge in [0.25, 0.3) is 0 Å². The van der Waals surface area contributed by atoms with Crippen LogP contribution in [0.5, 0.6) is 0 Å². The molecule has 0 aliphatic rings. The van der Waals surface area contributed by atoms with Gasteiger partial charge in [0.05, 0.1) is 8.86 Å². The largest absolute Gasteiger partial charge is 0.369 e. The first-order valence-corrected chi connectivity index (χ1v) is 10.3. The van der Waals surface area contributed by atoms with E-state index in [1.807, 2.05) is 87.0 Å². The number of primary amides is 1. The van der Waals surface area contributed by atoms with Crippen molar-refractivity contribution in [2.75, 3.05) is 8.86 Å². The predicted octanol–water partition coefficient (Wildman–Crippen LogP) is 3.18. The lowest BCUT2D eigenvalue weighted by Crippen LogP contribution is -2.30. The summed E-state index contributed by atoms with van der Waals surface area (Å²) in [6.45, 7) is 0. The van der Waals surface area contributed by atoms with E-state index in [1.54, 1.807) is 0 Å². The van der Waals surface area contributed by atoms with Crippen molar-refractivity contribution >= 4 is 69.1 Å². The minimum Gasteiger partial charge on any atom is -0.369 e. The fourth-order valence-electron chi connectivity index (χ4n) is 1.36. The van der Waals surface area contributed by atoms with Crippen LogP contribution in [0.25, 0.3) is 12.2 Å². The molecule has 0 bridgehead atoms. The Morgan fingerprint density at radius 3 is 1.40 bits per heavy atom. The number of carbonyl (C=O) groups excluding carboxylic acids is 2. The number of hydrogen-bond acceptors (Lipinski definition) is 3. The van der Waals surface area contributed by atoms with Gasteiger partial charge in [-0.25, -0.2) is 5.84 Å². The Morgan fingerprint density at radius 1 is 0.840 bits per heavy atom. The fourth-order valence-corrected chi connectivity index (χ4v) is 1.58. The van der Waals surface area contributed by atoms with Crippen LogP contribution in [0.1, 0.15) is 11.1 Å². The number of halogens is 2. The highest BCUT2D eigenvalue weighted by Gasteiger charge is 1.87. The quantitative estimate of drug-likeness (QED) is 0.133. The van der Waals surface area contributed by atoms with Crippen LogP contribution < -0.4 is 17.0 Å². The number of carbonyl (C=O) groups is 2. The Hall–Kier alpha value is -1.46. The minimum atomic E-state index is -0.259. The summed E-state index contributed by atoms with van der Waals surface area (Å²) in [7, 11) is 0. The molecule has 134 valence electrons. The number of hydrogen-bond donors (Lipinski definition) is 3. The summed E-state index contributed by atoms with van der Waals surface area (Å²) < 4.78 is 0.839. The standard InChI is InChI=1S/C14H12.C2H5IN2O.C2H4INO/c1-3-7-13(8-4-1)11-12-14-9-5-2-6-10-14;3-1-2(6)5-4;3-1-2(4)5/h1-12H;1,4H2,(H,5,6);1H2,(H2,4,5). The van der Waals surface area contributed by atoms with E-state index in [2.05, 4.69) is 48.0 Å². The van der Waals surface area contributed by atoms with Gasteiger partial charge in [0.2, 0.25) is 11.8 Å². The lowest BCUT2D eigenvalue weighted by atomic mass is 10.1. The van der Waals surface area contributed by atoms with Crippen LogP contribution >= 0.6 is 45.2 Å². The molecule has 7 heteroatoms. The van der Waals surface area contributed by atoms with Gasteiger partial charge in [0.15, 0.2) is 0 Å². The third-order valence-corrected chi connectivity index (χ3v) is 3.93. The summed E-state index contributed by atoms with van der Waals surface area (Å²) in [6, 6.07) is 20.6. The van der Waals surface area contributed by atoms with Crippen LogP contribution in [0.3, 0.4) is 0 Å². The number of nitrogens with one attached hydrogen (secondary N) is 1. The molecule has 0 aliphatic heterocycles. The zero-order valence-corrected chi connectivity index (χ0v) is 17.9. The van der Waals surface area contributed by atoms with Crippen LogP contribution in [-0.4, -0.2) is 20.7 Å². The molecule has 0 saturated carbocycles. The Labute approximate surface area is 175 Å². The van der Waals surface area contributed by atoms with Crippen molar-refractivity contribution in [3.05, 3.63) is 71.8 Å². The molecule has 0 fully saturated rings. The summed E-state index contributed by atoms with van der Waals surface area (Å²) in [5, 5.41) is 0. The van der Waals surface area contributed by atoms with Gasteiger partial charge in [0.1, 0.15) is 0 Å². The maximum atomic E-state index is 9.94. The molecule has 0 saturated heterocycles. The fraction of sp³-hybridized carbons (Fsp3) is 0.111. The second-order valence-corrected chi connectivity index (χ2v) is 5.98. The van der Waals surface area contributed by atoms with Gasteiger partial charge in [-0.3, -0.25) is 15.0 Å². The van der Waals surface area contributed by atoms with Gasteiger partial charge in [0, 0.05) is 0 Å². The van der Waals surface area contributed by atoms with Gasteiger partial charge in [-0.1, -0.05) is 118 Å². The van der Waals surface area contributed by atoms with E-state index in [1.165, 1.54) is 11.1 Å². The molecule has 0 aromatic heterocycles. The number of rotatable bonds is 4. The highest BCUT2D eigenvalue weighted by molar-refractivity contribution is 14.1. The highest BCUT2D eigenvalue weighted by Crippen LogP contribution is 2.06. The molecule has 25 heavy (non-hydrogen) atoms. The van der Waals surface area contributed by atoms with Crippen molar-refractivity contribution in [3.8, 4) is 0 Å². The van der Waals surface area contributed by atoms with Gasteiger partial charge in [-0.15, -0.1) is 0 Å². The highest BCUT2D eigenvalue weighted by atomic mass is 127. The monoisotopic (exact) mass is 565 g/mol. The molecule has 5 N–H and O–H groups in total. The van der Waals surface area contributed by atoms with E-state index in [4.69, 9.17) is 0 Å². The van der Waals surface area contributed by atoms with Crippen LogP contribution in [0.2, 0.25) is 0 Å². The molecule has 2 aromatic rings. The normalized spacial score (nSPS) is 9.24. The molecular formula is C18H21I2N3O2. The second kappa shape index (κ2) is 16.0. The van der Waals surface area contributed by atoms with Gasteiger partial charge in [-0.2, -0.15) is 0 Å². The molecule has 0 atom stereocenters. The number of nitrogens with two attached hydrogens (primary N) is 2. The summed E-state index contributed by atoms with van der Waals surface area (Å²) in [4.78, 5) is 19.5. The number of benzene rings is 2.